The van der Waals surface area contributed by atoms with E-state index in [-0.39, 0.29) is 0 Å². The summed E-state index contributed by atoms with van der Waals surface area (Å²) in [5.74, 6) is 1.74. The quantitative estimate of drug-likeness (QED) is 0.583. The molecule has 0 aliphatic heterocycles. The molecule has 0 saturated heterocycles. The number of imidazole rings is 1. The van der Waals surface area contributed by atoms with Crippen LogP contribution >= 0.6 is 0 Å². The van der Waals surface area contributed by atoms with Crippen LogP contribution in [0.5, 0.6) is 5.75 Å². The molecular weight excluding hydrogens is 324 g/mol. The maximum atomic E-state index is 10.5. The molecule has 3 aromatic rings. The highest BCUT2D eigenvalue weighted by Crippen LogP contribution is 2.25. The first-order valence-electron chi connectivity index (χ1n) is 9.44. The van der Waals surface area contributed by atoms with E-state index < -0.39 is 6.10 Å². The summed E-state index contributed by atoms with van der Waals surface area (Å²) in [6.45, 7) is 7.65. The Bertz CT molecular complexity index is 849. The Kier molecular flexibility index (Phi) is 5.94. The van der Waals surface area contributed by atoms with Gasteiger partial charge in [0.15, 0.2) is 0 Å². The van der Waals surface area contributed by atoms with Crippen LogP contribution in [-0.2, 0) is 6.54 Å². The average molecular weight is 352 g/mol. The fraction of sp³-hybridized carbons (Fsp3) is 0.409. The molecule has 0 spiro atoms. The fourth-order valence-electron chi connectivity index (χ4n) is 3.41. The van der Waals surface area contributed by atoms with Gasteiger partial charge in [-0.1, -0.05) is 43.7 Å². The van der Waals surface area contributed by atoms with E-state index in [1.54, 1.807) is 0 Å². The molecule has 0 amide bonds. The van der Waals surface area contributed by atoms with Gasteiger partial charge < -0.3 is 14.4 Å². The van der Waals surface area contributed by atoms with E-state index in [1.165, 1.54) is 0 Å². The van der Waals surface area contributed by atoms with Gasteiger partial charge >= 0.3 is 0 Å². The summed E-state index contributed by atoms with van der Waals surface area (Å²) < 4.78 is 8.17. The molecule has 1 atom stereocenters. The van der Waals surface area contributed by atoms with Crippen molar-refractivity contribution >= 4 is 11.0 Å². The van der Waals surface area contributed by atoms with Gasteiger partial charge in [-0.25, -0.2) is 4.98 Å². The summed E-state index contributed by atoms with van der Waals surface area (Å²) >= 11 is 0. The molecule has 0 unspecified atom stereocenters. The zero-order chi connectivity index (χ0) is 18.5. The molecule has 2 aromatic carbocycles. The van der Waals surface area contributed by atoms with Gasteiger partial charge in [-0.05, 0) is 49.9 Å². The Morgan fingerprint density at radius 2 is 1.81 bits per heavy atom. The summed E-state index contributed by atoms with van der Waals surface area (Å²) in [6.07, 6.45) is 1.99. The van der Waals surface area contributed by atoms with E-state index in [9.17, 15) is 5.11 Å². The van der Waals surface area contributed by atoms with Crippen molar-refractivity contribution in [1.82, 2.24) is 9.55 Å². The predicted octanol–water partition coefficient (Wildman–Crippen LogP) is 4.96. The number of benzene rings is 2. The maximum absolute atomic E-state index is 10.5. The predicted molar refractivity (Wildman–Crippen MR) is 106 cm³/mol. The van der Waals surface area contributed by atoms with Crippen molar-refractivity contribution in [2.24, 2.45) is 0 Å². The standard InChI is InChI=1S/C22H28N2O2/c1-4-9-20(25)22-23-18-12-5-6-13-19(18)24(22)14-8-15-26-21-16(2)10-7-11-17(21)3/h5-7,10-13,20,25H,4,8-9,14-15H2,1-3H3/t20-/m1/s1. The smallest absolute Gasteiger partial charge is 0.138 e. The van der Waals surface area contributed by atoms with Gasteiger partial charge in [-0.3, -0.25) is 0 Å². The fourth-order valence-corrected chi connectivity index (χ4v) is 3.41. The molecule has 4 nitrogen and oxygen atoms in total. The minimum atomic E-state index is -0.521. The third-order valence-electron chi connectivity index (χ3n) is 4.73. The topological polar surface area (TPSA) is 47.3 Å². The van der Waals surface area contributed by atoms with Crippen molar-refractivity contribution in [3.8, 4) is 5.75 Å². The van der Waals surface area contributed by atoms with Crippen LogP contribution in [0.2, 0.25) is 0 Å². The second-order valence-electron chi connectivity index (χ2n) is 6.84. The molecule has 0 saturated carbocycles. The monoisotopic (exact) mass is 352 g/mol. The number of rotatable bonds is 8. The van der Waals surface area contributed by atoms with E-state index in [4.69, 9.17) is 4.74 Å². The molecule has 1 N–H and O–H groups in total. The number of aliphatic hydroxyl groups excluding tert-OH is 1. The first kappa shape index (κ1) is 18.5. The lowest BCUT2D eigenvalue weighted by atomic mass is 10.1. The highest BCUT2D eigenvalue weighted by atomic mass is 16.5. The van der Waals surface area contributed by atoms with Crippen molar-refractivity contribution in [1.29, 1.82) is 0 Å². The van der Waals surface area contributed by atoms with E-state index >= 15 is 0 Å². The third kappa shape index (κ3) is 3.91. The molecular formula is C22H28N2O2. The van der Waals surface area contributed by atoms with Crippen molar-refractivity contribution in [2.45, 2.75) is 52.7 Å². The van der Waals surface area contributed by atoms with Crippen molar-refractivity contribution in [2.75, 3.05) is 6.61 Å². The molecule has 1 heterocycles. The van der Waals surface area contributed by atoms with Gasteiger partial charge in [0.05, 0.1) is 17.6 Å². The number of aryl methyl sites for hydroxylation is 3. The summed E-state index contributed by atoms with van der Waals surface area (Å²) in [4.78, 5) is 4.67. The van der Waals surface area contributed by atoms with Gasteiger partial charge in [0, 0.05) is 6.54 Å². The lowest BCUT2D eigenvalue weighted by Crippen LogP contribution is -2.11. The van der Waals surface area contributed by atoms with Gasteiger partial charge in [0.25, 0.3) is 0 Å². The third-order valence-corrected chi connectivity index (χ3v) is 4.73. The second-order valence-corrected chi connectivity index (χ2v) is 6.84. The first-order chi connectivity index (χ1) is 12.6. The highest BCUT2D eigenvalue weighted by Gasteiger charge is 2.17. The van der Waals surface area contributed by atoms with Gasteiger partial charge in [-0.15, -0.1) is 0 Å². The average Bonchev–Trinajstić information content (AvgIpc) is 3.00. The lowest BCUT2D eigenvalue weighted by Gasteiger charge is -2.15. The van der Waals surface area contributed by atoms with E-state index in [1.807, 2.05) is 18.2 Å². The van der Waals surface area contributed by atoms with Gasteiger partial charge in [0.2, 0.25) is 0 Å². The Morgan fingerprint density at radius 1 is 1.08 bits per heavy atom. The number of hydrogen-bond donors (Lipinski definition) is 1. The number of aliphatic hydroxyl groups is 1. The molecule has 0 fully saturated rings. The highest BCUT2D eigenvalue weighted by molar-refractivity contribution is 5.76. The van der Waals surface area contributed by atoms with Crippen LogP contribution < -0.4 is 4.74 Å². The Balaban J connectivity index is 1.73. The lowest BCUT2D eigenvalue weighted by molar-refractivity contribution is 0.152. The van der Waals surface area contributed by atoms with E-state index in [0.29, 0.717) is 6.61 Å². The largest absolute Gasteiger partial charge is 0.493 e. The number of fused-ring (bicyclic) bond motifs is 1. The van der Waals surface area contributed by atoms with Crippen LogP contribution in [0.15, 0.2) is 42.5 Å². The minimum absolute atomic E-state index is 0.521. The zero-order valence-corrected chi connectivity index (χ0v) is 15.9. The molecule has 138 valence electrons. The molecule has 0 aliphatic rings. The van der Waals surface area contributed by atoms with Crippen molar-refractivity contribution < 1.29 is 9.84 Å². The number of aromatic nitrogens is 2. The number of hydrogen-bond acceptors (Lipinski definition) is 3. The number of nitrogens with zero attached hydrogens (tertiary/aromatic N) is 2. The van der Waals surface area contributed by atoms with Crippen molar-refractivity contribution in [3.05, 3.63) is 59.4 Å². The molecule has 3 rings (SSSR count). The molecule has 4 heteroatoms. The van der Waals surface area contributed by atoms with Crippen LogP contribution in [0.1, 0.15) is 49.2 Å². The van der Waals surface area contributed by atoms with Crippen LogP contribution in [0.3, 0.4) is 0 Å². The summed E-state index contributed by atoms with van der Waals surface area (Å²) in [7, 11) is 0. The number of para-hydroxylation sites is 3. The Morgan fingerprint density at radius 3 is 2.54 bits per heavy atom. The Hall–Kier alpha value is -2.33. The molecule has 0 aliphatic carbocycles. The van der Waals surface area contributed by atoms with E-state index in [2.05, 4.69) is 54.6 Å². The zero-order valence-electron chi connectivity index (χ0n) is 15.9. The Labute approximate surface area is 155 Å². The van der Waals surface area contributed by atoms with Gasteiger partial charge in [0.1, 0.15) is 17.7 Å². The van der Waals surface area contributed by atoms with Crippen molar-refractivity contribution in [3.63, 3.8) is 0 Å². The van der Waals surface area contributed by atoms with Crippen LogP contribution in [0, 0.1) is 13.8 Å². The SMILES string of the molecule is CCC[C@@H](O)c1nc2ccccc2n1CCCOc1c(C)cccc1C. The number of ether oxygens (including phenoxy) is 1. The van der Waals surface area contributed by atoms with Crippen LogP contribution in [-0.4, -0.2) is 21.3 Å². The normalized spacial score (nSPS) is 12.5. The van der Waals surface area contributed by atoms with Gasteiger partial charge in [-0.2, -0.15) is 0 Å². The minimum Gasteiger partial charge on any atom is -0.493 e. The first-order valence-corrected chi connectivity index (χ1v) is 9.44. The van der Waals surface area contributed by atoms with Crippen LogP contribution in [0.4, 0.5) is 0 Å². The molecule has 1 aromatic heterocycles. The summed E-state index contributed by atoms with van der Waals surface area (Å²) in [5.41, 5.74) is 4.34. The molecule has 0 bridgehead atoms. The maximum Gasteiger partial charge on any atom is 0.138 e. The second kappa shape index (κ2) is 8.37. The van der Waals surface area contributed by atoms with E-state index in [0.717, 1.165) is 59.5 Å². The summed E-state index contributed by atoms with van der Waals surface area (Å²) in [5, 5.41) is 10.5. The molecule has 0 radical (unpaired) electrons. The van der Waals surface area contributed by atoms with Crippen LogP contribution in [0.25, 0.3) is 11.0 Å². The molecule has 26 heavy (non-hydrogen) atoms. The summed E-state index contributed by atoms with van der Waals surface area (Å²) in [6, 6.07) is 14.3.